The predicted octanol–water partition coefficient (Wildman–Crippen LogP) is 15.1. The van der Waals surface area contributed by atoms with E-state index in [1.807, 2.05) is 22.7 Å². The average Bonchev–Trinajstić information content (AvgIpc) is 4.07. The van der Waals surface area contributed by atoms with Gasteiger partial charge in [0.25, 0.3) is 0 Å². The number of fused-ring (bicyclic) bond motifs is 6. The molecule has 0 N–H and O–H groups in total. The smallest absolute Gasteiger partial charge is 0.0714 e. The Labute approximate surface area is 349 Å². The molecule has 0 radical (unpaired) electrons. The van der Waals surface area contributed by atoms with Gasteiger partial charge in [-0.3, -0.25) is 0 Å². The number of hydrogen-bond donors (Lipinski definition) is 0. The van der Waals surface area contributed by atoms with Crippen LogP contribution in [0.2, 0.25) is 0 Å². The molecule has 0 nitrogen and oxygen atoms in total. The first-order valence-corrected chi connectivity index (χ1v) is 22.0. The van der Waals surface area contributed by atoms with Crippen LogP contribution in [0.5, 0.6) is 0 Å². The lowest BCUT2D eigenvalue weighted by Gasteiger charge is -2.36. The molecule has 2 aliphatic carbocycles. The van der Waals surface area contributed by atoms with Crippen molar-refractivity contribution in [3.05, 3.63) is 247 Å². The second-order valence-electron chi connectivity index (χ2n) is 16.4. The van der Waals surface area contributed by atoms with E-state index in [2.05, 4.69) is 208 Å². The molecule has 0 amide bonds. The molecular weight excluding hydrogens is 737 g/mol. The monoisotopic (exact) mass is 778 g/mol. The second-order valence-corrected chi connectivity index (χ2v) is 18.3. The maximum absolute atomic E-state index is 2.60. The molecule has 2 heterocycles. The second kappa shape index (κ2) is 13.2. The van der Waals surface area contributed by atoms with E-state index in [0.717, 1.165) is 0 Å². The number of rotatable bonds is 6. The fourth-order valence-electron chi connectivity index (χ4n) is 10.1. The minimum atomic E-state index is -0.537. The quantitative estimate of drug-likeness (QED) is 0.158. The molecule has 0 fully saturated rings. The lowest BCUT2D eigenvalue weighted by atomic mass is 9.65. The molecule has 2 aromatic heterocycles. The minimum absolute atomic E-state index is 0.537. The molecule has 0 saturated carbocycles. The third kappa shape index (κ3) is 5.05. The Hall–Kier alpha value is -6.06. The molecule has 58 heavy (non-hydrogen) atoms. The van der Waals surface area contributed by atoms with E-state index in [9.17, 15) is 0 Å². The zero-order valence-electron chi connectivity index (χ0n) is 33.1. The van der Waals surface area contributed by atoms with Crippen LogP contribution < -0.4 is 0 Å². The van der Waals surface area contributed by atoms with Crippen molar-refractivity contribution < 1.29 is 0 Å². The summed E-state index contributed by atoms with van der Waals surface area (Å²) >= 11 is 3.62. The van der Waals surface area contributed by atoms with Gasteiger partial charge in [0.05, 0.1) is 10.8 Å². The zero-order valence-corrected chi connectivity index (χ0v) is 34.8. The van der Waals surface area contributed by atoms with E-state index >= 15 is 0 Å². The van der Waals surface area contributed by atoms with Crippen molar-refractivity contribution in [3.8, 4) is 43.1 Å². The zero-order chi connectivity index (χ0) is 39.2. The summed E-state index contributed by atoms with van der Waals surface area (Å²) in [6.07, 6.45) is 0. The lowest BCUT2D eigenvalue weighted by Crippen LogP contribution is -2.30. The van der Waals surface area contributed by atoms with Crippen LogP contribution in [0.1, 0.15) is 66.8 Å². The Balaban J connectivity index is 1.30. The standard InChI is InChI=1S/C56H42S2/c1-35-9-19-41(20-10-35)55(42-21-11-36(2)12-22-42)49-31-39(53-7-5-29-57-53)17-27-45(49)47-34-52-48(33-51(47)55)46-28-18-40(54-8-6-30-58-54)32-50(46)56(52,43-23-13-37(3)14-24-43)44-25-15-38(4)16-26-44/h5-34H,1-4H3. The highest BCUT2D eigenvalue weighted by molar-refractivity contribution is 7.13. The van der Waals surface area contributed by atoms with Crippen molar-refractivity contribution in [2.24, 2.45) is 0 Å². The van der Waals surface area contributed by atoms with Gasteiger partial charge >= 0.3 is 0 Å². The fourth-order valence-corrected chi connectivity index (χ4v) is 11.6. The van der Waals surface area contributed by atoms with Crippen LogP contribution in [0.25, 0.3) is 43.1 Å². The summed E-state index contributed by atoms with van der Waals surface area (Å²) in [5.74, 6) is 0. The topological polar surface area (TPSA) is 0 Å². The molecule has 0 unspecified atom stereocenters. The van der Waals surface area contributed by atoms with Crippen LogP contribution in [0.3, 0.4) is 0 Å². The van der Waals surface area contributed by atoms with E-state index in [4.69, 9.17) is 0 Å². The van der Waals surface area contributed by atoms with Crippen LogP contribution >= 0.6 is 22.7 Å². The van der Waals surface area contributed by atoms with Gasteiger partial charge in [0.2, 0.25) is 0 Å². The maximum atomic E-state index is 2.60. The van der Waals surface area contributed by atoms with Crippen molar-refractivity contribution in [3.63, 3.8) is 0 Å². The third-order valence-corrected chi connectivity index (χ3v) is 14.8. The van der Waals surface area contributed by atoms with Crippen LogP contribution in [0.15, 0.2) is 181 Å². The van der Waals surface area contributed by atoms with E-state index in [1.54, 1.807) is 0 Å². The fraction of sp³-hybridized carbons (Fsp3) is 0.107. The Kier molecular flexibility index (Phi) is 8.02. The van der Waals surface area contributed by atoms with Crippen molar-refractivity contribution in [2.75, 3.05) is 0 Å². The van der Waals surface area contributed by atoms with Crippen LogP contribution in [-0.4, -0.2) is 0 Å². The molecule has 9 aromatic rings. The van der Waals surface area contributed by atoms with Crippen molar-refractivity contribution >= 4 is 22.7 Å². The van der Waals surface area contributed by atoms with E-state index < -0.39 is 10.8 Å². The summed E-state index contributed by atoms with van der Waals surface area (Å²) in [7, 11) is 0. The van der Waals surface area contributed by atoms with Gasteiger partial charge in [-0.2, -0.15) is 0 Å². The van der Waals surface area contributed by atoms with Crippen LogP contribution in [0.4, 0.5) is 0 Å². The third-order valence-electron chi connectivity index (χ3n) is 12.9. The van der Waals surface area contributed by atoms with Gasteiger partial charge in [0.15, 0.2) is 0 Å². The highest BCUT2D eigenvalue weighted by atomic mass is 32.1. The summed E-state index contributed by atoms with van der Waals surface area (Å²) in [5.41, 5.74) is 22.3. The lowest BCUT2D eigenvalue weighted by molar-refractivity contribution is 0.758. The molecule has 0 spiro atoms. The molecule has 278 valence electrons. The largest absolute Gasteiger partial charge is 0.144 e. The van der Waals surface area contributed by atoms with Crippen molar-refractivity contribution in [1.29, 1.82) is 0 Å². The number of aryl methyl sites for hydroxylation is 4. The summed E-state index contributed by atoms with van der Waals surface area (Å²) in [5, 5.41) is 4.37. The van der Waals surface area contributed by atoms with E-state index in [-0.39, 0.29) is 0 Å². The Morgan fingerprint density at radius 3 is 0.914 bits per heavy atom. The number of hydrogen-bond acceptors (Lipinski definition) is 2. The molecule has 0 bridgehead atoms. The Bertz CT molecular complexity index is 2680. The van der Waals surface area contributed by atoms with Crippen LogP contribution in [0, 0.1) is 27.7 Å². The molecule has 0 saturated heterocycles. The first-order valence-electron chi connectivity index (χ1n) is 20.2. The van der Waals surface area contributed by atoms with Gasteiger partial charge in [0, 0.05) is 9.75 Å². The molecule has 0 atom stereocenters. The highest BCUT2D eigenvalue weighted by Crippen LogP contribution is 2.63. The highest BCUT2D eigenvalue weighted by Gasteiger charge is 2.51. The van der Waals surface area contributed by atoms with Crippen LogP contribution in [-0.2, 0) is 10.8 Å². The van der Waals surface area contributed by atoms with Gasteiger partial charge in [-0.1, -0.05) is 156 Å². The van der Waals surface area contributed by atoms with Gasteiger partial charge in [-0.15, -0.1) is 22.7 Å². The number of thiophene rings is 2. The predicted molar refractivity (Wildman–Crippen MR) is 247 cm³/mol. The average molecular weight is 779 g/mol. The summed E-state index contributed by atoms with van der Waals surface area (Å²) in [6.45, 7) is 8.77. The van der Waals surface area contributed by atoms with Crippen molar-refractivity contribution in [1.82, 2.24) is 0 Å². The molecule has 0 aliphatic heterocycles. The summed E-state index contributed by atoms with van der Waals surface area (Å²) < 4.78 is 0. The molecule has 7 aromatic carbocycles. The normalized spacial score (nSPS) is 14.1. The number of benzene rings is 7. The van der Waals surface area contributed by atoms with Gasteiger partial charge in [-0.25, -0.2) is 0 Å². The SMILES string of the molecule is Cc1ccc(C2(c3ccc(C)cc3)c3cc(-c4cccs4)ccc3-c3cc4c(cc32)-c2ccc(-c3cccs3)cc2C4(c2ccc(C)cc2)c2ccc(C)cc2)cc1. The molecule has 2 heteroatoms. The molecular formula is C56H42S2. The molecule has 2 aliphatic rings. The maximum Gasteiger partial charge on any atom is 0.0714 e. The Morgan fingerprint density at radius 1 is 0.310 bits per heavy atom. The van der Waals surface area contributed by atoms with Gasteiger partial charge in [-0.05, 0) is 153 Å². The van der Waals surface area contributed by atoms with Gasteiger partial charge < -0.3 is 0 Å². The summed E-state index contributed by atoms with van der Waals surface area (Å²) in [4.78, 5) is 2.58. The first kappa shape index (κ1) is 35.1. The van der Waals surface area contributed by atoms with E-state index in [0.29, 0.717) is 0 Å². The summed E-state index contributed by atoms with van der Waals surface area (Å²) in [6, 6.07) is 65.9. The Morgan fingerprint density at radius 2 is 0.621 bits per heavy atom. The van der Waals surface area contributed by atoms with E-state index in [1.165, 1.54) is 110 Å². The van der Waals surface area contributed by atoms with Gasteiger partial charge in [0.1, 0.15) is 0 Å². The van der Waals surface area contributed by atoms with Crippen molar-refractivity contribution in [2.45, 2.75) is 38.5 Å². The minimum Gasteiger partial charge on any atom is -0.144 e. The first-order chi connectivity index (χ1) is 28.3. The molecule has 11 rings (SSSR count).